The third-order valence-electron chi connectivity index (χ3n) is 2.15. The smallest absolute Gasteiger partial charge is 0.219 e. The van der Waals surface area contributed by atoms with Gasteiger partial charge in [0, 0.05) is 19.5 Å². The molecule has 3 nitrogen and oxygen atoms in total. The van der Waals surface area contributed by atoms with Crippen molar-refractivity contribution in [3.63, 3.8) is 0 Å². The van der Waals surface area contributed by atoms with Crippen LogP contribution in [0.5, 0.6) is 0 Å². The van der Waals surface area contributed by atoms with Gasteiger partial charge >= 0.3 is 0 Å². The second-order valence-corrected chi connectivity index (χ2v) is 5.23. The third kappa shape index (κ3) is 5.11. The zero-order valence-corrected chi connectivity index (χ0v) is 11.4. The van der Waals surface area contributed by atoms with Crippen LogP contribution in [0, 0.1) is 0 Å². The fourth-order valence-corrected chi connectivity index (χ4v) is 1.94. The Labute approximate surface area is 98.2 Å². The summed E-state index contributed by atoms with van der Waals surface area (Å²) in [5.41, 5.74) is -0.0534. The van der Waals surface area contributed by atoms with E-state index in [-0.39, 0.29) is 17.5 Å². The highest BCUT2D eigenvalue weighted by molar-refractivity contribution is 7.80. The van der Waals surface area contributed by atoms with E-state index < -0.39 is 0 Å². The van der Waals surface area contributed by atoms with E-state index in [0.29, 0.717) is 0 Å². The van der Waals surface area contributed by atoms with Crippen molar-refractivity contribution >= 4 is 23.1 Å². The molecule has 88 valence electrons. The average molecular weight is 230 g/mol. The second-order valence-electron chi connectivity index (χ2n) is 4.79. The standard InChI is InChI=1S/C11H22N2OS/c1-7-9(13(6)8(2)14)10(15)12-11(3,4)5/h9H,7H2,1-6H3,(H,12,15)/t9-/m1/s1. The molecule has 1 amide bonds. The maximum Gasteiger partial charge on any atom is 0.219 e. The molecule has 4 heteroatoms. The van der Waals surface area contributed by atoms with Crippen molar-refractivity contribution in [2.24, 2.45) is 0 Å². The molecule has 0 fully saturated rings. The molecule has 0 aromatic rings. The Bertz CT molecular complexity index is 245. The first kappa shape index (κ1) is 14.4. The largest absolute Gasteiger partial charge is 0.373 e. The van der Waals surface area contributed by atoms with Gasteiger partial charge in [0.1, 0.15) is 0 Å². The SMILES string of the molecule is CC[C@H](C(=S)NC(C)(C)C)N(C)C(C)=O. The van der Waals surface area contributed by atoms with Gasteiger partial charge in [-0.1, -0.05) is 19.1 Å². The highest BCUT2D eigenvalue weighted by Crippen LogP contribution is 2.07. The molecule has 0 spiro atoms. The van der Waals surface area contributed by atoms with E-state index >= 15 is 0 Å². The van der Waals surface area contributed by atoms with Gasteiger partial charge in [0.05, 0.1) is 11.0 Å². The molecule has 1 atom stereocenters. The second kappa shape index (κ2) is 5.45. The lowest BCUT2D eigenvalue weighted by Gasteiger charge is -2.31. The van der Waals surface area contributed by atoms with Crippen molar-refractivity contribution in [2.75, 3.05) is 7.05 Å². The van der Waals surface area contributed by atoms with E-state index in [1.54, 1.807) is 18.9 Å². The molecule has 0 saturated carbocycles. The van der Waals surface area contributed by atoms with Crippen LogP contribution in [-0.4, -0.2) is 34.4 Å². The fraction of sp³-hybridized carbons (Fsp3) is 0.818. The quantitative estimate of drug-likeness (QED) is 0.752. The van der Waals surface area contributed by atoms with Gasteiger partial charge in [0.25, 0.3) is 0 Å². The van der Waals surface area contributed by atoms with Crippen molar-refractivity contribution < 1.29 is 4.79 Å². The summed E-state index contributed by atoms with van der Waals surface area (Å²) >= 11 is 5.31. The molecule has 0 aromatic carbocycles. The van der Waals surface area contributed by atoms with Crippen LogP contribution in [0.4, 0.5) is 0 Å². The van der Waals surface area contributed by atoms with E-state index in [0.717, 1.165) is 11.4 Å². The van der Waals surface area contributed by atoms with Crippen molar-refractivity contribution in [1.82, 2.24) is 10.2 Å². The summed E-state index contributed by atoms with van der Waals surface area (Å²) in [7, 11) is 1.78. The molecular weight excluding hydrogens is 208 g/mol. The van der Waals surface area contributed by atoms with Gasteiger partial charge in [0.15, 0.2) is 0 Å². The highest BCUT2D eigenvalue weighted by Gasteiger charge is 2.22. The van der Waals surface area contributed by atoms with Crippen LogP contribution in [0.2, 0.25) is 0 Å². The number of likely N-dealkylation sites (N-methyl/N-ethyl adjacent to an activating group) is 1. The monoisotopic (exact) mass is 230 g/mol. The van der Waals surface area contributed by atoms with Gasteiger partial charge in [0.2, 0.25) is 5.91 Å². The molecule has 0 aliphatic rings. The predicted octanol–water partition coefficient (Wildman–Crippen LogP) is 1.96. The molecule has 0 bridgehead atoms. The zero-order valence-electron chi connectivity index (χ0n) is 10.5. The maximum atomic E-state index is 11.3. The normalized spacial score (nSPS) is 13.2. The summed E-state index contributed by atoms with van der Waals surface area (Å²) in [6.07, 6.45) is 0.831. The summed E-state index contributed by atoms with van der Waals surface area (Å²) in [4.78, 5) is 13.7. The predicted molar refractivity (Wildman–Crippen MR) is 68.0 cm³/mol. The van der Waals surface area contributed by atoms with Crippen molar-refractivity contribution in [3.05, 3.63) is 0 Å². The minimum absolute atomic E-state index is 0.00303. The first-order valence-corrected chi connectivity index (χ1v) is 5.65. The Morgan fingerprint density at radius 3 is 2.20 bits per heavy atom. The van der Waals surface area contributed by atoms with E-state index in [2.05, 4.69) is 26.1 Å². The summed E-state index contributed by atoms with van der Waals surface area (Å²) in [6, 6.07) is -0.00303. The molecule has 0 heterocycles. The van der Waals surface area contributed by atoms with Gasteiger partial charge in [-0.05, 0) is 27.2 Å². The summed E-state index contributed by atoms with van der Waals surface area (Å²) in [6.45, 7) is 9.75. The van der Waals surface area contributed by atoms with Crippen LogP contribution in [0.1, 0.15) is 41.0 Å². The van der Waals surface area contributed by atoms with Crippen molar-refractivity contribution in [1.29, 1.82) is 0 Å². The molecule has 0 saturated heterocycles. The molecule has 0 unspecified atom stereocenters. The average Bonchev–Trinajstić information content (AvgIpc) is 2.01. The molecule has 0 aliphatic heterocycles. The lowest BCUT2D eigenvalue weighted by atomic mass is 10.1. The Morgan fingerprint density at radius 2 is 1.93 bits per heavy atom. The van der Waals surface area contributed by atoms with Gasteiger partial charge in [-0.3, -0.25) is 4.79 Å². The van der Waals surface area contributed by atoms with Gasteiger partial charge in [-0.25, -0.2) is 0 Å². The number of nitrogens with zero attached hydrogens (tertiary/aromatic N) is 1. The number of thiocarbonyl (C=S) groups is 1. The molecule has 15 heavy (non-hydrogen) atoms. The van der Waals surface area contributed by atoms with Gasteiger partial charge in [-0.2, -0.15) is 0 Å². The Balaban J connectivity index is 4.55. The van der Waals surface area contributed by atoms with Crippen molar-refractivity contribution in [3.8, 4) is 0 Å². The van der Waals surface area contributed by atoms with E-state index in [9.17, 15) is 4.79 Å². The van der Waals surface area contributed by atoms with E-state index in [1.807, 2.05) is 6.92 Å². The van der Waals surface area contributed by atoms with Crippen LogP contribution in [-0.2, 0) is 4.79 Å². The van der Waals surface area contributed by atoms with Crippen LogP contribution in [0.25, 0.3) is 0 Å². The van der Waals surface area contributed by atoms with Gasteiger partial charge in [-0.15, -0.1) is 0 Å². The fourth-order valence-electron chi connectivity index (χ4n) is 1.31. The number of rotatable bonds is 3. The van der Waals surface area contributed by atoms with E-state index in [1.165, 1.54) is 0 Å². The number of hydrogen-bond donors (Lipinski definition) is 1. The molecule has 1 N–H and O–H groups in total. The Hall–Kier alpha value is -0.640. The van der Waals surface area contributed by atoms with Crippen LogP contribution in [0.15, 0.2) is 0 Å². The number of amides is 1. The van der Waals surface area contributed by atoms with Crippen LogP contribution < -0.4 is 5.32 Å². The number of hydrogen-bond acceptors (Lipinski definition) is 2. The number of nitrogens with one attached hydrogen (secondary N) is 1. The van der Waals surface area contributed by atoms with Gasteiger partial charge < -0.3 is 10.2 Å². The highest BCUT2D eigenvalue weighted by atomic mass is 32.1. The first-order chi connectivity index (χ1) is 6.69. The van der Waals surface area contributed by atoms with Crippen molar-refractivity contribution in [2.45, 2.75) is 52.6 Å². The minimum atomic E-state index is -0.0534. The van der Waals surface area contributed by atoms with Crippen LogP contribution >= 0.6 is 12.2 Å². The number of carbonyl (C=O) groups is 1. The molecular formula is C11H22N2OS. The number of carbonyl (C=O) groups excluding carboxylic acids is 1. The zero-order chi connectivity index (χ0) is 12.2. The van der Waals surface area contributed by atoms with Crippen LogP contribution in [0.3, 0.4) is 0 Å². The first-order valence-electron chi connectivity index (χ1n) is 5.24. The lowest BCUT2D eigenvalue weighted by Crippen LogP contribution is -2.51. The summed E-state index contributed by atoms with van der Waals surface area (Å²) in [5.74, 6) is 0.0416. The maximum absolute atomic E-state index is 11.3. The molecule has 0 aromatic heterocycles. The summed E-state index contributed by atoms with van der Waals surface area (Å²) < 4.78 is 0. The van der Waals surface area contributed by atoms with E-state index in [4.69, 9.17) is 12.2 Å². The molecule has 0 aliphatic carbocycles. The topological polar surface area (TPSA) is 32.3 Å². The Morgan fingerprint density at radius 1 is 1.47 bits per heavy atom. The third-order valence-corrected chi connectivity index (χ3v) is 2.53. The Kier molecular flexibility index (Phi) is 5.21. The molecule has 0 radical (unpaired) electrons. The minimum Gasteiger partial charge on any atom is -0.373 e. The molecule has 0 rings (SSSR count). The lowest BCUT2D eigenvalue weighted by molar-refractivity contribution is -0.128. The summed E-state index contributed by atoms with van der Waals surface area (Å²) in [5, 5.41) is 3.24.